The van der Waals surface area contributed by atoms with E-state index in [1.807, 2.05) is 11.8 Å². The number of hydrogen-bond donors (Lipinski definition) is 1. The monoisotopic (exact) mass is 217 g/mol. The summed E-state index contributed by atoms with van der Waals surface area (Å²) in [6.07, 6.45) is 11.8. The molecule has 0 unspecified atom stereocenters. The van der Waals surface area contributed by atoms with E-state index in [-0.39, 0.29) is 0 Å². The molecule has 0 spiro atoms. The van der Waals surface area contributed by atoms with Crippen molar-refractivity contribution in [2.45, 2.75) is 51.9 Å². The van der Waals surface area contributed by atoms with Crippen LogP contribution in [0.5, 0.6) is 0 Å². The molecule has 1 N–H and O–H groups in total. The zero-order chi connectivity index (χ0) is 10.5. The molecule has 0 aliphatic carbocycles. The van der Waals surface area contributed by atoms with Crippen LogP contribution < -0.4 is 5.32 Å². The molecule has 0 saturated carbocycles. The van der Waals surface area contributed by atoms with E-state index < -0.39 is 0 Å². The second kappa shape index (κ2) is 13.3. The predicted molar refractivity (Wildman–Crippen MR) is 69.2 cm³/mol. The molecule has 0 fully saturated rings. The number of rotatable bonds is 11. The SMILES string of the molecule is CCCCCCNCCCCCSC. The van der Waals surface area contributed by atoms with Gasteiger partial charge in [0.25, 0.3) is 0 Å². The standard InChI is InChI=1S/C12H27NS/c1-3-4-5-7-10-13-11-8-6-9-12-14-2/h13H,3-12H2,1-2H3. The quantitative estimate of drug-likeness (QED) is 0.530. The van der Waals surface area contributed by atoms with Crippen LogP contribution in [0.2, 0.25) is 0 Å². The van der Waals surface area contributed by atoms with E-state index in [9.17, 15) is 0 Å². The van der Waals surface area contributed by atoms with Gasteiger partial charge in [0, 0.05) is 0 Å². The van der Waals surface area contributed by atoms with Crippen molar-refractivity contribution in [3.05, 3.63) is 0 Å². The van der Waals surface area contributed by atoms with Gasteiger partial charge in [-0.25, -0.2) is 0 Å². The van der Waals surface area contributed by atoms with Gasteiger partial charge in [-0.05, 0) is 44.4 Å². The minimum Gasteiger partial charge on any atom is -0.317 e. The Hall–Kier alpha value is 0.310. The van der Waals surface area contributed by atoms with Gasteiger partial charge >= 0.3 is 0 Å². The average molecular weight is 217 g/mol. The van der Waals surface area contributed by atoms with E-state index in [0.717, 1.165) is 0 Å². The lowest BCUT2D eigenvalue weighted by Crippen LogP contribution is -2.16. The Morgan fingerprint density at radius 3 is 2.07 bits per heavy atom. The first-order valence-corrected chi connectivity index (χ1v) is 7.50. The Labute approximate surface area is 94.4 Å². The van der Waals surface area contributed by atoms with E-state index in [4.69, 9.17) is 0 Å². The van der Waals surface area contributed by atoms with Crippen molar-refractivity contribution >= 4 is 11.8 Å². The molecule has 0 aromatic rings. The maximum Gasteiger partial charge on any atom is -0.00489 e. The van der Waals surface area contributed by atoms with Crippen molar-refractivity contribution in [1.82, 2.24) is 5.32 Å². The van der Waals surface area contributed by atoms with Crippen LogP contribution in [0.3, 0.4) is 0 Å². The minimum atomic E-state index is 1.22. The summed E-state index contributed by atoms with van der Waals surface area (Å²) < 4.78 is 0. The molecule has 0 aromatic heterocycles. The number of thioether (sulfide) groups is 1. The minimum absolute atomic E-state index is 1.22. The molecule has 0 amide bonds. The molecule has 0 aliphatic heterocycles. The van der Waals surface area contributed by atoms with Gasteiger partial charge in [0.1, 0.15) is 0 Å². The highest BCUT2D eigenvalue weighted by atomic mass is 32.2. The van der Waals surface area contributed by atoms with Crippen LogP contribution in [-0.2, 0) is 0 Å². The van der Waals surface area contributed by atoms with Crippen molar-refractivity contribution < 1.29 is 0 Å². The second-order valence-corrected chi connectivity index (χ2v) is 4.85. The summed E-state index contributed by atoms with van der Waals surface area (Å²) in [4.78, 5) is 0. The summed E-state index contributed by atoms with van der Waals surface area (Å²) in [5.74, 6) is 1.33. The first-order chi connectivity index (χ1) is 6.91. The molecule has 0 saturated heterocycles. The molecular weight excluding hydrogens is 190 g/mol. The van der Waals surface area contributed by atoms with Crippen LogP contribution in [-0.4, -0.2) is 25.1 Å². The topological polar surface area (TPSA) is 12.0 Å². The van der Waals surface area contributed by atoms with Gasteiger partial charge in [0.05, 0.1) is 0 Å². The molecule has 0 bridgehead atoms. The Balaban J connectivity index is 2.78. The van der Waals surface area contributed by atoms with Gasteiger partial charge in [-0.1, -0.05) is 32.6 Å². The summed E-state index contributed by atoms with van der Waals surface area (Å²) in [6, 6.07) is 0. The number of hydrogen-bond acceptors (Lipinski definition) is 2. The Kier molecular flexibility index (Phi) is 13.6. The Morgan fingerprint density at radius 2 is 1.50 bits per heavy atom. The van der Waals surface area contributed by atoms with E-state index >= 15 is 0 Å². The van der Waals surface area contributed by atoms with Crippen molar-refractivity contribution in [1.29, 1.82) is 0 Å². The van der Waals surface area contributed by atoms with Crippen LogP contribution in [0, 0.1) is 0 Å². The van der Waals surface area contributed by atoms with E-state index in [1.165, 1.54) is 63.8 Å². The summed E-state index contributed by atoms with van der Waals surface area (Å²) >= 11 is 1.96. The lowest BCUT2D eigenvalue weighted by molar-refractivity contribution is 0.573. The molecule has 2 heteroatoms. The van der Waals surface area contributed by atoms with E-state index in [1.54, 1.807) is 0 Å². The third kappa shape index (κ3) is 12.3. The zero-order valence-electron chi connectivity index (χ0n) is 9.98. The molecule has 0 rings (SSSR count). The molecule has 14 heavy (non-hydrogen) atoms. The van der Waals surface area contributed by atoms with Gasteiger partial charge in [0.2, 0.25) is 0 Å². The number of unbranched alkanes of at least 4 members (excludes halogenated alkanes) is 5. The predicted octanol–water partition coefficient (Wildman–Crippen LogP) is 3.69. The fraction of sp³-hybridized carbons (Fsp3) is 1.00. The highest BCUT2D eigenvalue weighted by Gasteiger charge is 1.90. The van der Waals surface area contributed by atoms with Gasteiger partial charge in [-0.15, -0.1) is 0 Å². The lowest BCUT2D eigenvalue weighted by Gasteiger charge is -2.03. The van der Waals surface area contributed by atoms with E-state index in [2.05, 4.69) is 18.5 Å². The van der Waals surface area contributed by atoms with Crippen molar-refractivity contribution in [2.75, 3.05) is 25.1 Å². The molecule has 1 nitrogen and oxygen atoms in total. The van der Waals surface area contributed by atoms with Gasteiger partial charge in [0.15, 0.2) is 0 Å². The summed E-state index contributed by atoms with van der Waals surface area (Å²) in [5, 5.41) is 3.51. The smallest absolute Gasteiger partial charge is 0.00489 e. The van der Waals surface area contributed by atoms with Crippen molar-refractivity contribution in [3.8, 4) is 0 Å². The highest BCUT2D eigenvalue weighted by Crippen LogP contribution is 2.01. The molecule has 0 radical (unpaired) electrons. The highest BCUT2D eigenvalue weighted by molar-refractivity contribution is 7.98. The third-order valence-electron chi connectivity index (χ3n) is 2.41. The van der Waals surface area contributed by atoms with Gasteiger partial charge in [-0.3, -0.25) is 0 Å². The van der Waals surface area contributed by atoms with Gasteiger partial charge in [-0.2, -0.15) is 11.8 Å². The van der Waals surface area contributed by atoms with Gasteiger partial charge < -0.3 is 5.32 Å². The molecule has 0 aromatic carbocycles. The van der Waals surface area contributed by atoms with Crippen molar-refractivity contribution in [3.63, 3.8) is 0 Å². The lowest BCUT2D eigenvalue weighted by atomic mass is 10.2. The Bertz CT molecular complexity index is 84.3. The third-order valence-corrected chi connectivity index (χ3v) is 3.11. The molecule has 0 atom stereocenters. The summed E-state index contributed by atoms with van der Waals surface area (Å²) in [6.45, 7) is 4.71. The largest absolute Gasteiger partial charge is 0.317 e. The van der Waals surface area contributed by atoms with Crippen LogP contribution in [0.25, 0.3) is 0 Å². The fourth-order valence-corrected chi connectivity index (χ4v) is 1.97. The maximum absolute atomic E-state index is 3.51. The van der Waals surface area contributed by atoms with Crippen LogP contribution in [0.4, 0.5) is 0 Å². The molecular formula is C12H27NS. The maximum atomic E-state index is 3.51. The van der Waals surface area contributed by atoms with E-state index in [0.29, 0.717) is 0 Å². The van der Waals surface area contributed by atoms with Crippen LogP contribution in [0.15, 0.2) is 0 Å². The van der Waals surface area contributed by atoms with Crippen LogP contribution >= 0.6 is 11.8 Å². The molecule has 86 valence electrons. The number of nitrogens with one attached hydrogen (secondary N) is 1. The van der Waals surface area contributed by atoms with Crippen LogP contribution in [0.1, 0.15) is 51.9 Å². The molecule has 0 aliphatic rings. The summed E-state index contributed by atoms with van der Waals surface area (Å²) in [7, 11) is 0. The second-order valence-electron chi connectivity index (χ2n) is 3.86. The first kappa shape index (κ1) is 14.3. The van der Waals surface area contributed by atoms with Crippen molar-refractivity contribution in [2.24, 2.45) is 0 Å². The Morgan fingerprint density at radius 1 is 0.857 bits per heavy atom. The molecule has 0 heterocycles. The zero-order valence-corrected chi connectivity index (χ0v) is 10.8. The summed E-state index contributed by atoms with van der Waals surface area (Å²) in [5.41, 5.74) is 0. The first-order valence-electron chi connectivity index (χ1n) is 6.11. The average Bonchev–Trinajstić information content (AvgIpc) is 2.21. The fourth-order valence-electron chi connectivity index (χ4n) is 1.47. The normalized spacial score (nSPS) is 10.7.